The molecule has 1 atom stereocenters. The Balaban J connectivity index is 1.56. The number of para-hydroxylation sites is 1. The van der Waals surface area contributed by atoms with Gasteiger partial charge in [0.25, 0.3) is 5.91 Å². The summed E-state index contributed by atoms with van der Waals surface area (Å²) in [7, 11) is 0. The Bertz CT molecular complexity index is 964. The SMILES string of the molecule is CCCCNC(=O)C1CCCN(CC(=O)Nc2ccccc2C(=O)Nc2ccc(F)cc2)C1. The van der Waals surface area contributed by atoms with E-state index >= 15 is 0 Å². The second kappa shape index (κ2) is 12.1. The Morgan fingerprint density at radius 3 is 2.58 bits per heavy atom. The van der Waals surface area contributed by atoms with Crippen LogP contribution < -0.4 is 16.0 Å². The summed E-state index contributed by atoms with van der Waals surface area (Å²) in [5.41, 5.74) is 1.16. The lowest BCUT2D eigenvalue weighted by molar-refractivity contribution is -0.127. The molecule has 3 rings (SSSR count). The summed E-state index contributed by atoms with van der Waals surface area (Å²) < 4.78 is 13.1. The summed E-state index contributed by atoms with van der Waals surface area (Å²) in [6.45, 7) is 4.20. The van der Waals surface area contributed by atoms with Crippen LogP contribution >= 0.6 is 0 Å². The van der Waals surface area contributed by atoms with Gasteiger partial charge in [-0.3, -0.25) is 19.3 Å². The van der Waals surface area contributed by atoms with Crippen molar-refractivity contribution in [3.63, 3.8) is 0 Å². The van der Waals surface area contributed by atoms with E-state index in [1.54, 1.807) is 24.3 Å². The van der Waals surface area contributed by atoms with Gasteiger partial charge in [-0.15, -0.1) is 0 Å². The first-order valence-electron chi connectivity index (χ1n) is 11.4. The number of halogens is 1. The van der Waals surface area contributed by atoms with Gasteiger partial charge in [-0.05, 0) is 62.2 Å². The number of hydrogen-bond donors (Lipinski definition) is 3. The average molecular weight is 455 g/mol. The summed E-state index contributed by atoms with van der Waals surface area (Å²) in [6.07, 6.45) is 3.66. The normalized spacial score (nSPS) is 16.1. The van der Waals surface area contributed by atoms with Crippen LogP contribution in [0.15, 0.2) is 48.5 Å². The van der Waals surface area contributed by atoms with E-state index < -0.39 is 5.91 Å². The van der Waals surface area contributed by atoms with E-state index in [9.17, 15) is 18.8 Å². The number of nitrogens with one attached hydrogen (secondary N) is 3. The molecule has 2 aromatic carbocycles. The molecule has 3 N–H and O–H groups in total. The Kier molecular flexibility index (Phi) is 8.95. The van der Waals surface area contributed by atoms with E-state index in [2.05, 4.69) is 22.9 Å². The van der Waals surface area contributed by atoms with Gasteiger partial charge in [-0.25, -0.2) is 4.39 Å². The van der Waals surface area contributed by atoms with E-state index in [1.165, 1.54) is 24.3 Å². The molecule has 1 fully saturated rings. The fourth-order valence-corrected chi connectivity index (χ4v) is 3.86. The van der Waals surface area contributed by atoms with Gasteiger partial charge in [0.05, 0.1) is 23.7 Å². The number of hydrogen-bond acceptors (Lipinski definition) is 4. The van der Waals surface area contributed by atoms with Crippen LogP contribution in [0.1, 0.15) is 43.0 Å². The van der Waals surface area contributed by atoms with Crippen LogP contribution in [0.4, 0.5) is 15.8 Å². The number of nitrogens with zero attached hydrogens (tertiary/aromatic N) is 1. The molecule has 7 nitrogen and oxygen atoms in total. The second-order valence-electron chi connectivity index (χ2n) is 8.27. The third-order valence-electron chi connectivity index (χ3n) is 5.62. The molecule has 176 valence electrons. The maximum atomic E-state index is 13.1. The van der Waals surface area contributed by atoms with Crippen molar-refractivity contribution in [1.82, 2.24) is 10.2 Å². The van der Waals surface area contributed by atoms with Crippen molar-refractivity contribution in [3.8, 4) is 0 Å². The molecule has 1 heterocycles. The molecule has 0 saturated carbocycles. The number of carbonyl (C=O) groups is 3. The first-order valence-corrected chi connectivity index (χ1v) is 11.4. The number of benzene rings is 2. The predicted molar refractivity (Wildman–Crippen MR) is 127 cm³/mol. The van der Waals surface area contributed by atoms with Crippen molar-refractivity contribution in [2.75, 3.05) is 36.8 Å². The van der Waals surface area contributed by atoms with Crippen molar-refractivity contribution in [2.45, 2.75) is 32.6 Å². The van der Waals surface area contributed by atoms with Crippen LogP contribution in [-0.4, -0.2) is 48.8 Å². The zero-order chi connectivity index (χ0) is 23.6. The summed E-state index contributed by atoms with van der Waals surface area (Å²) in [4.78, 5) is 39.8. The summed E-state index contributed by atoms with van der Waals surface area (Å²) in [5, 5.41) is 8.50. The highest BCUT2D eigenvalue weighted by molar-refractivity contribution is 6.10. The molecular weight excluding hydrogens is 423 g/mol. The van der Waals surface area contributed by atoms with Gasteiger partial charge in [-0.1, -0.05) is 25.5 Å². The first kappa shape index (κ1) is 24.4. The first-order chi connectivity index (χ1) is 16.0. The Hall–Kier alpha value is -3.26. The highest BCUT2D eigenvalue weighted by Crippen LogP contribution is 2.19. The number of rotatable bonds is 9. The molecule has 1 saturated heterocycles. The molecule has 1 aliphatic heterocycles. The number of unbranched alkanes of at least 4 members (excludes halogenated alkanes) is 1. The van der Waals surface area contributed by atoms with Crippen molar-refractivity contribution in [2.24, 2.45) is 5.92 Å². The van der Waals surface area contributed by atoms with Crippen molar-refractivity contribution < 1.29 is 18.8 Å². The number of likely N-dealkylation sites (tertiary alicyclic amines) is 1. The maximum Gasteiger partial charge on any atom is 0.257 e. The van der Waals surface area contributed by atoms with E-state index in [-0.39, 0.29) is 30.1 Å². The standard InChI is InChI=1S/C25H31FN4O3/c1-2-3-14-27-24(32)18-7-6-15-30(16-18)17-23(31)29-22-9-5-4-8-21(22)25(33)28-20-12-10-19(26)11-13-20/h4-5,8-13,18H,2-3,6-7,14-17H2,1H3,(H,27,32)(H,28,33)(H,29,31). The minimum Gasteiger partial charge on any atom is -0.356 e. The Morgan fingerprint density at radius 1 is 1.06 bits per heavy atom. The molecule has 0 bridgehead atoms. The molecule has 0 radical (unpaired) electrons. The number of amides is 3. The minimum atomic E-state index is -0.403. The molecule has 33 heavy (non-hydrogen) atoms. The van der Waals surface area contributed by atoms with E-state index in [1.807, 2.05) is 4.90 Å². The quantitative estimate of drug-likeness (QED) is 0.505. The third-order valence-corrected chi connectivity index (χ3v) is 5.62. The highest BCUT2D eigenvalue weighted by atomic mass is 19.1. The van der Waals surface area contributed by atoms with Crippen LogP contribution in [0.5, 0.6) is 0 Å². The predicted octanol–water partition coefficient (Wildman–Crippen LogP) is 3.64. The van der Waals surface area contributed by atoms with Crippen LogP contribution in [-0.2, 0) is 9.59 Å². The lowest BCUT2D eigenvalue weighted by atomic mass is 9.97. The van der Waals surface area contributed by atoms with E-state index in [4.69, 9.17) is 0 Å². The largest absolute Gasteiger partial charge is 0.356 e. The molecule has 0 aliphatic carbocycles. The third kappa shape index (κ3) is 7.39. The van der Waals surface area contributed by atoms with Gasteiger partial charge in [0, 0.05) is 18.8 Å². The second-order valence-corrected chi connectivity index (χ2v) is 8.27. The summed E-state index contributed by atoms with van der Waals surface area (Å²) in [5.74, 6) is -1.10. The maximum absolute atomic E-state index is 13.1. The summed E-state index contributed by atoms with van der Waals surface area (Å²) >= 11 is 0. The molecule has 1 unspecified atom stereocenters. The lowest BCUT2D eigenvalue weighted by Gasteiger charge is -2.31. The highest BCUT2D eigenvalue weighted by Gasteiger charge is 2.26. The van der Waals surface area contributed by atoms with Gasteiger partial charge >= 0.3 is 0 Å². The minimum absolute atomic E-state index is 0.0522. The summed E-state index contributed by atoms with van der Waals surface area (Å²) in [6, 6.07) is 12.2. The van der Waals surface area contributed by atoms with Crippen molar-refractivity contribution in [3.05, 3.63) is 59.9 Å². The molecular formula is C25H31FN4O3. The van der Waals surface area contributed by atoms with E-state index in [0.29, 0.717) is 30.0 Å². The zero-order valence-electron chi connectivity index (χ0n) is 18.9. The monoisotopic (exact) mass is 454 g/mol. The fraction of sp³-hybridized carbons (Fsp3) is 0.400. The zero-order valence-corrected chi connectivity index (χ0v) is 18.9. The fourth-order valence-electron chi connectivity index (χ4n) is 3.86. The van der Waals surface area contributed by atoms with E-state index in [0.717, 1.165) is 32.2 Å². The van der Waals surface area contributed by atoms with Crippen LogP contribution in [0.25, 0.3) is 0 Å². The van der Waals surface area contributed by atoms with Crippen LogP contribution in [0, 0.1) is 11.7 Å². The van der Waals surface area contributed by atoms with Gasteiger partial charge in [0.1, 0.15) is 5.82 Å². The Morgan fingerprint density at radius 2 is 1.82 bits per heavy atom. The Labute approximate surface area is 193 Å². The van der Waals surface area contributed by atoms with Gasteiger partial charge < -0.3 is 16.0 Å². The molecule has 2 aromatic rings. The van der Waals surface area contributed by atoms with Crippen LogP contribution in [0.3, 0.4) is 0 Å². The van der Waals surface area contributed by atoms with Gasteiger partial charge in [0.15, 0.2) is 0 Å². The van der Waals surface area contributed by atoms with Gasteiger partial charge in [-0.2, -0.15) is 0 Å². The van der Waals surface area contributed by atoms with Gasteiger partial charge in [0.2, 0.25) is 11.8 Å². The molecule has 0 aromatic heterocycles. The van der Waals surface area contributed by atoms with Crippen LogP contribution in [0.2, 0.25) is 0 Å². The number of anilines is 2. The lowest BCUT2D eigenvalue weighted by Crippen LogP contribution is -2.45. The van der Waals surface area contributed by atoms with Crippen molar-refractivity contribution >= 4 is 29.1 Å². The topological polar surface area (TPSA) is 90.5 Å². The van der Waals surface area contributed by atoms with Crippen molar-refractivity contribution in [1.29, 1.82) is 0 Å². The molecule has 0 spiro atoms. The molecule has 1 aliphatic rings. The average Bonchev–Trinajstić information content (AvgIpc) is 2.81. The molecule has 3 amide bonds. The number of piperidine rings is 1. The molecule has 8 heteroatoms. The number of carbonyl (C=O) groups excluding carboxylic acids is 3. The smallest absolute Gasteiger partial charge is 0.257 e.